The fraction of sp³-hybridized carbons (Fsp3) is 0.282. The van der Waals surface area contributed by atoms with Crippen molar-refractivity contribution in [2.45, 2.75) is 52.5 Å². The Balaban J connectivity index is 1.62. The van der Waals surface area contributed by atoms with Gasteiger partial charge in [0.25, 0.3) is 0 Å². The molecule has 1 aliphatic carbocycles. The van der Waals surface area contributed by atoms with Gasteiger partial charge in [-0.25, -0.2) is 0 Å². The Bertz CT molecular complexity index is 1440. The number of rotatable bonds is 8. The van der Waals surface area contributed by atoms with Gasteiger partial charge in [0.05, 0.1) is 12.5 Å². The van der Waals surface area contributed by atoms with E-state index in [1.54, 1.807) is 0 Å². The minimum absolute atomic E-state index is 0.316. The Morgan fingerprint density at radius 2 is 1.02 bits per heavy atom. The molecule has 1 aromatic heterocycles. The van der Waals surface area contributed by atoms with E-state index in [9.17, 15) is 0 Å². The van der Waals surface area contributed by atoms with Crippen molar-refractivity contribution in [2.24, 2.45) is 17.8 Å². The largest absolute Gasteiger partial charge is 0.369 e. The highest BCUT2D eigenvalue weighted by Crippen LogP contribution is 2.62. The highest BCUT2D eigenvalue weighted by Gasteiger charge is 2.33. The number of hydrogen-bond acceptors (Lipinski definition) is 1. The molecule has 0 amide bonds. The molecule has 1 saturated carbocycles. The van der Waals surface area contributed by atoms with Crippen molar-refractivity contribution < 1.29 is 4.74 Å². The molecule has 1 aliphatic rings. The summed E-state index contributed by atoms with van der Waals surface area (Å²) in [6, 6.07) is 44.2. The van der Waals surface area contributed by atoms with Crippen LogP contribution in [0.3, 0.4) is 0 Å². The van der Waals surface area contributed by atoms with Gasteiger partial charge in [-0.15, -0.1) is 0 Å². The summed E-state index contributed by atoms with van der Waals surface area (Å²) in [5.74, 6) is 1.98. The first kappa shape index (κ1) is 27.8. The zero-order chi connectivity index (χ0) is 28.2. The monoisotopic (exact) mass is 556 g/mol. The smallest absolute Gasteiger partial charge is 0.0861 e. The molecule has 0 saturated heterocycles. The van der Waals surface area contributed by atoms with Gasteiger partial charge < -0.3 is 4.74 Å². The fourth-order valence-electron chi connectivity index (χ4n) is 6.79. The first-order valence-electron chi connectivity index (χ1n) is 15.2. The maximum absolute atomic E-state index is 7.14. The summed E-state index contributed by atoms with van der Waals surface area (Å²) in [5, 5.41) is 2.88. The first-order chi connectivity index (χ1) is 20.1. The molecule has 0 aliphatic heterocycles. The number of hydrogen-bond donors (Lipinski definition) is 0. The SMILES string of the molecule is CC(C)[C@@H]1CC[C@@H](C)C[C@H]1OCp1c(-c2ccccc2)c(-c2ccccc2)c(-c2ccccc2)c1-c1ccccc1. The Labute approximate surface area is 247 Å². The molecule has 0 unspecified atom stereocenters. The molecule has 5 aromatic rings. The van der Waals surface area contributed by atoms with Crippen LogP contribution in [0.1, 0.15) is 40.0 Å². The van der Waals surface area contributed by atoms with Crippen LogP contribution in [-0.4, -0.2) is 6.10 Å². The molecule has 2 heteroatoms. The van der Waals surface area contributed by atoms with Crippen LogP contribution < -0.4 is 0 Å². The molecule has 3 atom stereocenters. The zero-order valence-corrected chi connectivity index (χ0v) is 25.4. The second-order valence-electron chi connectivity index (χ2n) is 12.0. The van der Waals surface area contributed by atoms with Gasteiger partial charge >= 0.3 is 0 Å². The van der Waals surface area contributed by atoms with Gasteiger partial charge in [0, 0.05) is 21.7 Å². The minimum Gasteiger partial charge on any atom is -0.369 e. The van der Waals surface area contributed by atoms with E-state index < -0.39 is 7.53 Å². The third kappa shape index (κ3) is 5.85. The lowest BCUT2D eigenvalue weighted by atomic mass is 9.75. The average Bonchev–Trinajstić information content (AvgIpc) is 3.36. The first-order valence-corrected chi connectivity index (χ1v) is 16.7. The predicted octanol–water partition coefficient (Wildman–Crippen LogP) is 11.8. The topological polar surface area (TPSA) is 9.23 Å². The van der Waals surface area contributed by atoms with E-state index in [0.29, 0.717) is 17.9 Å². The molecule has 1 fully saturated rings. The van der Waals surface area contributed by atoms with Crippen molar-refractivity contribution in [1.29, 1.82) is 0 Å². The van der Waals surface area contributed by atoms with Crippen LogP contribution in [0.25, 0.3) is 44.0 Å². The van der Waals surface area contributed by atoms with Crippen LogP contribution in [0.5, 0.6) is 0 Å². The molecule has 41 heavy (non-hydrogen) atoms. The normalized spacial score (nSPS) is 19.0. The van der Waals surface area contributed by atoms with Gasteiger partial charge in [0.1, 0.15) is 0 Å². The van der Waals surface area contributed by atoms with E-state index in [1.165, 1.54) is 56.8 Å². The number of benzene rings is 4. The third-order valence-electron chi connectivity index (χ3n) is 8.86. The molecule has 6 rings (SSSR count). The fourth-order valence-corrected chi connectivity index (χ4v) is 9.55. The van der Waals surface area contributed by atoms with Crippen LogP contribution in [0, 0.1) is 17.8 Å². The van der Waals surface area contributed by atoms with E-state index in [4.69, 9.17) is 4.74 Å². The second kappa shape index (κ2) is 12.6. The third-order valence-corrected chi connectivity index (χ3v) is 11.3. The summed E-state index contributed by atoms with van der Waals surface area (Å²) in [6.07, 6.45) is 4.82. The maximum atomic E-state index is 7.14. The standard InChI is InChI=1S/C39H41OP/c1-28(2)34-25-24-29(3)26-35(34)40-27-41-38(32-20-12-6-13-21-32)36(30-16-8-4-9-17-30)37(31-18-10-5-11-19-31)39(41)33-22-14-7-15-23-33/h4-23,28-29,34-35H,24-27H2,1-3H3/t29-,34+,35-/m1/s1. The summed E-state index contributed by atoms with van der Waals surface area (Å²) < 4.78 is 7.14. The molecule has 208 valence electrons. The molecule has 1 nitrogen and oxygen atoms in total. The van der Waals surface area contributed by atoms with E-state index in [2.05, 4.69) is 142 Å². The molecule has 0 radical (unpaired) electrons. The molecule has 0 bridgehead atoms. The molecular formula is C39H41OP. The number of ether oxygens (including phenoxy) is 1. The van der Waals surface area contributed by atoms with Gasteiger partial charge in [0.15, 0.2) is 0 Å². The van der Waals surface area contributed by atoms with Crippen molar-refractivity contribution in [1.82, 2.24) is 0 Å². The van der Waals surface area contributed by atoms with Crippen molar-refractivity contribution in [2.75, 3.05) is 0 Å². The zero-order valence-electron chi connectivity index (χ0n) is 24.5. The van der Waals surface area contributed by atoms with E-state index in [1.807, 2.05) is 0 Å². The Hall–Kier alpha value is -3.38. The highest BCUT2D eigenvalue weighted by atomic mass is 31.1. The van der Waals surface area contributed by atoms with Crippen LogP contribution in [-0.2, 0) is 11.1 Å². The van der Waals surface area contributed by atoms with E-state index in [0.717, 1.165) is 18.7 Å². The van der Waals surface area contributed by atoms with E-state index in [-0.39, 0.29) is 0 Å². The molecule has 1 heterocycles. The Morgan fingerprint density at radius 1 is 0.610 bits per heavy atom. The highest BCUT2D eigenvalue weighted by molar-refractivity contribution is 7.56. The summed E-state index contributed by atoms with van der Waals surface area (Å²) in [5.41, 5.74) is 7.86. The van der Waals surface area contributed by atoms with Crippen LogP contribution >= 0.6 is 7.53 Å². The van der Waals surface area contributed by atoms with E-state index >= 15 is 0 Å². The lowest BCUT2D eigenvalue weighted by Gasteiger charge is -2.37. The van der Waals surface area contributed by atoms with Crippen LogP contribution in [0.4, 0.5) is 0 Å². The maximum Gasteiger partial charge on any atom is 0.0861 e. The van der Waals surface area contributed by atoms with Gasteiger partial charge in [-0.2, -0.15) is 0 Å². The van der Waals surface area contributed by atoms with Gasteiger partial charge in [0.2, 0.25) is 0 Å². The minimum atomic E-state index is -0.791. The summed E-state index contributed by atoms with van der Waals surface area (Å²) in [4.78, 5) is 0. The Morgan fingerprint density at radius 3 is 1.44 bits per heavy atom. The molecule has 4 aromatic carbocycles. The quantitative estimate of drug-likeness (QED) is 0.185. The lowest BCUT2D eigenvalue weighted by Crippen LogP contribution is -2.33. The van der Waals surface area contributed by atoms with Crippen molar-refractivity contribution in [3.05, 3.63) is 121 Å². The van der Waals surface area contributed by atoms with Crippen LogP contribution in [0.15, 0.2) is 121 Å². The summed E-state index contributed by atoms with van der Waals surface area (Å²) in [7, 11) is -0.791. The van der Waals surface area contributed by atoms with Crippen LogP contribution in [0.2, 0.25) is 0 Å². The van der Waals surface area contributed by atoms with Gasteiger partial charge in [-0.1, -0.05) is 156 Å². The second-order valence-corrected chi connectivity index (χ2v) is 14.0. The Kier molecular flexibility index (Phi) is 8.56. The van der Waals surface area contributed by atoms with Crippen molar-refractivity contribution in [3.63, 3.8) is 0 Å². The molecule has 0 N–H and O–H groups in total. The summed E-state index contributed by atoms with van der Waals surface area (Å²) >= 11 is 0. The molecular weight excluding hydrogens is 515 g/mol. The van der Waals surface area contributed by atoms with Crippen molar-refractivity contribution in [3.8, 4) is 44.0 Å². The molecule has 0 spiro atoms. The van der Waals surface area contributed by atoms with Crippen molar-refractivity contribution >= 4 is 7.53 Å². The van der Waals surface area contributed by atoms with Gasteiger partial charge in [-0.3, -0.25) is 0 Å². The summed E-state index contributed by atoms with van der Waals surface area (Å²) in [6.45, 7) is 7.16. The average molecular weight is 557 g/mol. The van der Waals surface area contributed by atoms with Gasteiger partial charge in [-0.05, 0) is 52.8 Å². The lowest BCUT2D eigenvalue weighted by molar-refractivity contribution is -0.0344. The predicted molar refractivity (Wildman–Crippen MR) is 177 cm³/mol.